The SMILES string of the molecule is C[C@@H]1CCO[C@@H]1C(=O)Nc1cn(C)cc(Br)c1=O. The summed E-state index contributed by atoms with van der Waals surface area (Å²) in [5, 5.41) is 2.64. The first-order chi connectivity index (χ1) is 8.49. The van der Waals surface area contributed by atoms with Crippen LogP contribution in [-0.4, -0.2) is 23.2 Å². The molecule has 0 bridgehead atoms. The van der Waals surface area contributed by atoms with Crippen LogP contribution in [-0.2, 0) is 16.6 Å². The zero-order chi connectivity index (χ0) is 13.3. The minimum Gasteiger partial charge on any atom is -0.368 e. The van der Waals surface area contributed by atoms with E-state index in [0.717, 1.165) is 6.42 Å². The number of carbonyl (C=O) groups excluding carboxylic acids is 1. The fourth-order valence-electron chi connectivity index (χ4n) is 1.99. The summed E-state index contributed by atoms with van der Waals surface area (Å²) in [7, 11) is 1.79. The molecule has 1 N–H and O–H groups in total. The third-order valence-electron chi connectivity index (χ3n) is 3.01. The Balaban J connectivity index is 2.19. The fourth-order valence-corrected chi connectivity index (χ4v) is 2.53. The first kappa shape index (κ1) is 13.3. The summed E-state index contributed by atoms with van der Waals surface area (Å²) in [6, 6.07) is 0. The molecule has 1 aromatic heterocycles. The maximum atomic E-state index is 12.0. The van der Waals surface area contributed by atoms with Crippen molar-refractivity contribution >= 4 is 27.5 Å². The summed E-state index contributed by atoms with van der Waals surface area (Å²) in [5.74, 6) is -0.0730. The number of amides is 1. The van der Waals surface area contributed by atoms with Gasteiger partial charge in [0.2, 0.25) is 5.43 Å². The number of halogens is 1. The van der Waals surface area contributed by atoms with Crippen LogP contribution in [0.3, 0.4) is 0 Å². The Bertz CT molecular complexity index is 527. The molecule has 0 unspecified atom stereocenters. The van der Waals surface area contributed by atoms with Gasteiger partial charge < -0.3 is 14.6 Å². The molecule has 5 nitrogen and oxygen atoms in total. The summed E-state index contributed by atoms with van der Waals surface area (Å²) in [6.07, 6.45) is 3.64. The predicted molar refractivity (Wildman–Crippen MR) is 71.5 cm³/mol. The highest BCUT2D eigenvalue weighted by molar-refractivity contribution is 9.10. The summed E-state index contributed by atoms with van der Waals surface area (Å²) >= 11 is 3.17. The highest BCUT2D eigenvalue weighted by atomic mass is 79.9. The van der Waals surface area contributed by atoms with Crippen LogP contribution in [0.5, 0.6) is 0 Å². The zero-order valence-corrected chi connectivity index (χ0v) is 11.9. The van der Waals surface area contributed by atoms with E-state index in [1.165, 1.54) is 0 Å². The van der Waals surface area contributed by atoms with Gasteiger partial charge >= 0.3 is 0 Å². The third-order valence-corrected chi connectivity index (χ3v) is 3.58. The molecule has 1 aliphatic heterocycles. The number of anilines is 1. The van der Waals surface area contributed by atoms with Gasteiger partial charge in [-0.3, -0.25) is 9.59 Å². The van der Waals surface area contributed by atoms with E-state index < -0.39 is 6.10 Å². The van der Waals surface area contributed by atoms with E-state index in [9.17, 15) is 9.59 Å². The molecule has 0 radical (unpaired) electrons. The van der Waals surface area contributed by atoms with Crippen molar-refractivity contribution < 1.29 is 9.53 Å². The number of hydrogen-bond donors (Lipinski definition) is 1. The van der Waals surface area contributed by atoms with Gasteiger partial charge in [0.05, 0.1) is 4.47 Å². The molecule has 1 amide bonds. The Kier molecular flexibility index (Phi) is 3.87. The summed E-state index contributed by atoms with van der Waals surface area (Å²) < 4.78 is 7.49. The molecule has 1 fully saturated rings. The lowest BCUT2D eigenvalue weighted by Crippen LogP contribution is -2.33. The number of nitrogens with one attached hydrogen (secondary N) is 1. The van der Waals surface area contributed by atoms with Gasteiger partial charge in [0.25, 0.3) is 5.91 Å². The smallest absolute Gasteiger partial charge is 0.253 e. The van der Waals surface area contributed by atoms with Crippen LogP contribution in [0.2, 0.25) is 0 Å². The summed E-state index contributed by atoms with van der Waals surface area (Å²) in [6.45, 7) is 2.56. The maximum Gasteiger partial charge on any atom is 0.253 e. The van der Waals surface area contributed by atoms with Crippen LogP contribution in [0.15, 0.2) is 21.7 Å². The lowest BCUT2D eigenvalue weighted by Gasteiger charge is -2.14. The standard InChI is InChI=1S/C12H15BrN2O3/c1-7-3-4-18-11(7)12(17)14-9-6-15(2)5-8(13)10(9)16/h5-7,11H,3-4H2,1-2H3,(H,14,17)/t7-,11+/m1/s1. The van der Waals surface area contributed by atoms with Crippen molar-refractivity contribution in [3.8, 4) is 0 Å². The van der Waals surface area contributed by atoms with Crippen LogP contribution < -0.4 is 10.7 Å². The van der Waals surface area contributed by atoms with E-state index in [2.05, 4.69) is 21.2 Å². The van der Waals surface area contributed by atoms with Crippen molar-refractivity contribution in [2.75, 3.05) is 11.9 Å². The van der Waals surface area contributed by atoms with Gasteiger partial charge in [-0.25, -0.2) is 0 Å². The second-order valence-corrected chi connectivity index (χ2v) is 5.42. The van der Waals surface area contributed by atoms with Crippen molar-refractivity contribution in [2.24, 2.45) is 13.0 Å². The fraction of sp³-hybridized carbons (Fsp3) is 0.500. The van der Waals surface area contributed by atoms with Crippen LogP contribution in [0, 0.1) is 5.92 Å². The van der Waals surface area contributed by atoms with E-state index in [-0.39, 0.29) is 22.9 Å². The van der Waals surface area contributed by atoms with E-state index in [0.29, 0.717) is 11.1 Å². The first-order valence-corrected chi connectivity index (χ1v) is 6.56. The average Bonchev–Trinajstić information content (AvgIpc) is 2.71. The topological polar surface area (TPSA) is 60.3 Å². The number of hydrogen-bond acceptors (Lipinski definition) is 3. The predicted octanol–water partition coefficient (Wildman–Crippen LogP) is 1.51. The number of ether oxygens (including phenoxy) is 1. The first-order valence-electron chi connectivity index (χ1n) is 5.77. The molecule has 98 valence electrons. The normalized spacial score (nSPS) is 23.1. The molecule has 1 saturated heterocycles. The number of aryl methyl sites for hydroxylation is 1. The lowest BCUT2D eigenvalue weighted by atomic mass is 10.0. The Hall–Kier alpha value is -1.14. The Morgan fingerprint density at radius 3 is 2.89 bits per heavy atom. The van der Waals surface area contributed by atoms with Crippen molar-refractivity contribution in [3.05, 3.63) is 27.1 Å². The van der Waals surface area contributed by atoms with Crippen LogP contribution in [0.25, 0.3) is 0 Å². The number of nitrogens with zero attached hydrogens (tertiary/aromatic N) is 1. The molecule has 2 rings (SSSR count). The molecule has 0 aliphatic carbocycles. The molecule has 0 spiro atoms. The highest BCUT2D eigenvalue weighted by Crippen LogP contribution is 2.21. The molecule has 0 aromatic carbocycles. The van der Waals surface area contributed by atoms with Gasteiger partial charge in [0.1, 0.15) is 11.8 Å². The lowest BCUT2D eigenvalue weighted by molar-refractivity contribution is -0.126. The minimum absolute atomic E-state index is 0.181. The van der Waals surface area contributed by atoms with Gasteiger partial charge in [0, 0.05) is 26.0 Å². The van der Waals surface area contributed by atoms with Crippen LogP contribution >= 0.6 is 15.9 Å². The van der Waals surface area contributed by atoms with E-state index >= 15 is 0 Å². The third kappa shape index (κ3) is 2.64. The monoisotopic (exact) mass is 314 g/mol. The quantitative estimate of drug-likeness (QED) is 0.900. The van der Waals surface area contributed by atoms with Gasteiger partial charge in [-0.1, -0.05) is 6.92 Å². The van der Waals surface area contributed by atoms with Crippen molar-refractivity contribution in [1.29, 1.82) is 0 Å². The van der Waals surface area contributed by atoms with Gasteiger partial charge in [-0.2, -0.15) is 0 Å². The highest BCUT2D eigenvalue weighted by Gasteiger charge is 2.31. The molecule has 1 aromatic rings. The molecule has 2 heterocycles. The van der Waals surface area contributed by atoms with Crippen molar-refractivity contribution in [3.63, 3.8) is 0 Å². The van der Waals surface area contributed by atoms with Gasteiger partial charge in [-0.15, -0.1) is 0 Å². The second-order valence-electron chi connectivity index (χ2n) is 4.56. The molecule has 2 atom stereocenters. The number of rotatable bonds is 2. The zero-order valence-electron chi connectivity index (χ0n) is 10.3. The number of pyridine rings is 1. The van der Waals surface area contributed by atoms with Crippen LogP contribution in [0.1, 0.15) is 13.3 Å². The van der Waals surface area contributed by atoms with Gasteiger partial charge in [-0.05, 0) is 28.3 Å². The molecule has 6 heteroatoms. The van der Waals surface area contributed by atoms with Gasteiger partial charge in [0.15, 0.2) is 0 Å². The van der Waals surface area contributed by atoms with E-state index in [1.54, 1.807) is 24.0 Å². The summed E-state index contributed by atoms with van der Waals surface area (Å²) in [5.41, 5.74) is 0.0340. The van der Waals surface area contributed by atoms with Crippen molar-refractivity contribution in [1.82, 2.24) is 4.57 Å². The Morgan fingerprint density at radius 2 is 2.28 bits per heavy atom. The second kappa shape index (κ2) is 5.24. The van der Waals surface area contributed by atoms with Crippen molar-refractivity contribution in [2.45, 2.75) is 19.4 Å². The van der Waals surface area contributed by atoms with E-state index in [1.807, 2.05) is 6.92 Å². The summed E-state index contributed by atoms with van der Waals surface area (Å²) in [4.78, 5) is 23.8. The molecule has 18 heavy (non-hydrogen) atoms. The largest absolute Gasteiger partial charge is 0.368 e. The molecular formula is C12H15BrN2O3. The number of carbonyl (C=O) groups is 1. The van der Waals surface area contributed by atoms with E-state index in [4.69, 9.17) is 4.74 Å². The van der Waals surface area contributed by atoms with Crippen LogP contribution in [0.4, 0.5) is 5.69 Å². The Morgan fingerprint density at radius 1 is 1.56 bits per heavy atom. The average molecular weight is 315 g/mol. The number of aromatic nitrogens is 1. The Labute approximate surface area is 113 Å². The minimum atomic E-state index is -0.464. The molecule has 1 aliphatic rings. The molecular weight excluding hydrogens is 300 g/mol. The maximum absolute atomic E-state index is 12.0. The molecule has 0 saturated carbocycles.